The number of nitrogens with zero attached hydrogens (tertiary/aromatic N) is 2. The van der Waals surface area contributed by atoms with E-state index in [1.165, 1.54) is 41.7 Å². The molecule has 172 valence electrons. The molecule has 0 aliphatic carbocycles. The summed E-state index contributed by atoms with van der Waals surface area (Å²) in [5.41, 5.74) is 5.78. The Hall–Kier alpha value is -4.60. The van der Waals surface area contributed by atoms with E-state index in [4.69, 9.17) is 9.97 Å². The number of benzene rings is 6. The molecule has 0 N–H and O–H groups in total. The van der Waals surface area contributed by atoms with Gasteiger partial charge in [0.05, 0.1) is 22.4 Å². The van der Waals surface area contributed by atoms with Gasteiger partial charge in [0.2, 0.25) is 0 Å². The smallest absolute Gasteiger partial charge is 0.0973 e. The van der Waals surface area contributed by atoms with Crippen molar-refractivity contribution in [2.24, 2.45) is 0 Å². The molecule has 0 saturated carbocycles. The Morgan fingerprint density at radius 1 is 0.432 bits per heavy atom. The van der Waals surface area contributed by atoms with Crippen molar-refractivity contribution in [1.29, 1.82) is 0 Å². The molecule has 3 heteroatoms. The third-order valence-corrected chi connectivity index (χ3v) is 8.45. The monoisotopic (exact) mass is 488 g/mol. The molecule has 0 aliphatic rings. The first kappa shape index (κ1) is 20.6. The third-order valence-electron chi connectivity index (χ3n) is 7.23. The van der Waals surface area contributed by atoms with E-state index in [2.05, 4.69) is 97.1 Å². The minimum atomic E-state index is 0.905. The molecule has 2 aromatic heterocycles. The van der Waals surface area contributed by atoms with Crippen LogP contribution in [0.3, 0.4) is 0 Å². The van der Waals surface area contributed by atoms with Gasteiger partial charge in [-0.25, -0.2) is 9.97 Å². The molecule has 0 fully saturated rings. The quantitative estimate of drug-likeness (QED) is 0.242. The summed E-state index contributed by atoms with van der Waals surface area (Å²) in [6.07, 6.45) is 0. The van der Waals surface area contributed by atoms with Gasteiger partial charge in [-0.05, 0) is 51.9 Å². The second-order valence-corrected chi connectivity index (χ2v) is 10.5. The number of hydrogen-bond donors (Lipinski definition) is 0. The van der Waals surface area contributed by atoms with Crippen molar-refractivity contribution in [2.75, 3.05) is 0 Å². The summed E-state index contributed by atoms with van der Waals surface area (Å²) in [5.74, 6) is 0. The van der Waals surface area contributed by atoms with Gasteiger partial charge in [-0.3, -0.25) is 0 Å². The van der Waals surface area contributed by atoms with Crippen LogP contribution in [0, 0.1) is 0 Å². The first-order chi connectivity index (χ1) is 18.3. The molecule has 0 atom stereocenters. The highest BCUT2D eigenvalue weighted by atomic mass is 32.1. The maximum absolute atomic E-state index is 5.15. The first-order valence-electron chi connectivity index (χ1n) is 12.4. The Morgan fingerprint density at radius 2 is 1.03 bits per heavy atom. The van der Waals surface area contributed by atoms with Gasteiger partial charge in [-0.15, -0.1) is 11.3 Å². The van der Waals surface area contributed by atoms with E-state index in [-0.39, 0.29) is 0 Å². The van der Waals surface area contributed by atoms with Gasteiger partial charge >= 0.3 is 0 Å². The fraction of sp³-hybridized carbons (Fsp3) is 0. The summed E-state index contributed by atoms with van der Waals surface area (Å²) >= 11 is 1.87. The molecular formula is C34H20N2S. The van der Waals surface area contributed by atoms with Crippen LogP contribution in [0.25, 0.3) is 75.3 Å². The average molecular weight is 489 g/mol. The number of aromatic nitrogens is 2. The number of rotatable bonds is 2. The Labute approximate surface area is 217 Å². The molecule has 0 saturated heterocycles. The van der Waals surface area contributed by atoms with Crippen molar-refractivity contribution in [1.82, 2.24) is 9.97 Å². The van der Waals surface area contributed by atoms with E-state index >= 15 is 0 Å². The predicted molar refractivity (Wildman–Crippen MR) is 158 cm³/mol. The third kappa shape index (κ3) is 3.25. The molecule has 0 unspecified atom stereocenters. The van der Waals surface area contributed by atoms with Crippen molar-refractivity contribution in [3.8, 4) is 22.5 Å². The van der Waals surface area contributed by atoms with Crippen LogP contribution in [0.15, 0.2) is 121 Å². The maximum Gasteiger partial charge on any atom is 0.0973 e. The van der Waals surface area contributed by atoms with Crippen LogP contribution in [0.2, 0.25) is 0 Å². The van der Waals surface area contributed by atoms with Gasteiger partial charge in [-0.1, -0.05) is 91.0 Å². The van der Waals surface area contributed by atoms with Gasteiger partial charge < -0.3 is 0 Å². The van der Waals surface area contributed by atoms with E-state index in [0.717, 1.165) is 33.5 Å². The number of hydrogen-bond acceptors (Lipinski definition) is 3. The van der Waals surface area contributed by atoms with E-state index in [9.17, 15) is 0 Å². The summed E-state index contributed by atoms with van der Waals surface area (Å²) < 4.78 is 2.66. The van der Waals surface area contributed by atoms with Crippen LogP contribution in [0.5, 0.6) is 0 Å². The molecule has 37 heavy (non-hydrogen) atoms. The number of fused-ring (bicyclic) bond motifs is 7. The fourth-order valence-corrected chi connectivity index (χ4v) is 6.64. The lowest BCUT2D eigenvalue weighted by Crippen LogP contribution is -1.95. The predicted octanol–water partition coefficient (Wildman–Crippen LogP) is 9.64. The van der Waals surface area contributed by atoms with Crippen LogP contribution < -0.4 is 0 Å². The molecule has 8 rings (SSSR count). The van der Waals surface area contributed by atoms with Crippen molar-refractivity contribution in [2.45, 2.75) is 0 Å². The second-order valence-electron chi connectivity index (χ2n) is 9.45. The molecule has 6 aromatic carbocycles. The van der Waals surface area contributed by atoms with Gasteiger partial charge in [0, 0.05) is 31.3 Å². The molecule has 2 nitrogen and oxygen atoms in total. The summed E-state index contributed by atoms with van der Waals surface area (Å²) in [4.78, 5) is 10.3. The summed E-state index contributed by atoms with van der Waals surface area (Å²) in [6, 6.07) is 43.0. The lowest BCUT2D eigenvalue weighted by molar-refractivity contribution is 1.30. The van der Waals surface area contributed by atoms with Crippen LogP contribution >= 0.6 is 11.3 Å². The zero-order chi connectivity index (χ0) is 24.3. The molecule has 2 heterocycles. The first-order valence-corrected chi connectivity index (χ1v) is 13.2. The van der Waals surface area contributed by atoms with E-state index in [0.29, 0.717) is 0 Å². The number of thiophene rings is 1. The van der Waals surface area contributed by atoms with Gasteiger partial charge in [-0.2, -0.15) is 0 Å². The summed E-state index contributed by atoms with van der Waals surface area (Å²) in [5, 5.41) is 7.57. The lowest BCUT2D eigenvalue weighted by Gasteiger charge is -2.12. The highest BCUT2D eigenvalue weighted by Gasteiger charge is 2.15. The van der Waals surface area contributed by atoms with E-state index in [1.54, 1.807) is 0 Å². The van der Waals surface area contributed by atoms with E-state index in [1.807, 2.05) is 35.6 Å². The SMILES string of the molecule is c1ccc2cc(-c3nc4ccccc4nc3-c3ccc4c(ccc5c6ccccc6sc45)c3)ccc2c1. The standard InChI is InChI=1S/C34H20N2S/c1-2-8-22-19-24(14-13-21(22)7-1)32-33(36-30-11-5-4-10-29(30)35-32)25-16-17-26-23(20-25)15-18-28-27-9-3-6-12-31(27)37-34(26)28/h1-20H. The summed E-state index contributed by atoms with van der Waals surface area (Å²) in [7, 11) is 0. The van der Waals surface area contributed by atoms with Crippen LogP contribution in [-0.4, -0.2) is 9.97 Å². The second kappa shape index (κ2) is 7.95. The highest BCUT2D eigenvalue weighted by Crippen LogP contribution is 2.40. The minimum absolute atomic E-state index is 0.905. The zero-order valence-electron chi connectivity index (χ0n) is 19.8. The fourth-order valence-electron chi connectivity index (χ4n) is 5.40. The molecule has 0 bridgehead atoms. The maximum atomic E-state index is 5.15. The van der Waals surface area contributed by atoms with Crippen molar-refractivity contribution in [3.63, 3.8) is 0 Å². The van der Waals surface area contributed by atoms with Crippen LogP contribution in [0.1, 0.15) is 0 Å². The van der Waals surface area contributed by atoms with Crippen molar-refractivity contribution >= 4 is 64.1 Å². The van der Waals surface area contributed by atoms with Gasteiger partial charge in [0.15, 0.2) is 0 Å². The lowest BCUT2D eigenvalue weighted by atomic mass is 9.98. The van der Waals surface area contributed by atoms with Crippen molar-refractivity contribution in [3.05, 3.63) is 121 Å². The molecular weight excluding hydrogens is 468 g/mol. The minimum Gasteiger partial charge on any atom is -0.244 e. The topological polar surface area (TPSA) is 25.8 Å². The molecule has 0 radical (unpaired) electrons. The average Bonchev–Trinajstić information content (AvgIpc) is 3.35. The zero-order valence-corrected chi connectivity index (χ0v) is 20.7. The van der Waals surface area contributed by atoms with Crippen LogP contribution in [-0.2, 0) is 0 Å². The van der Waals surface area contributed by atoms with Gasteiger partial charge in [0.1, 0.15) is 0 Å². The van der Waals surface area contributed by atoms with E-state index < -0.39 is 0 Å². The largest absolute Gasteiger partial charge is 0.244 e. The number of para-hydroxylation sites is 2. The summed E-state index contributed by atoms with van der Waals surface area (Å²) in [6.45, 7) is 0. The van der Waals surface area contributed by atoms with Crippen LogP contribution in [0.4, 0.5) is 0 Å². The molecule has 0 aliphatic heterocycles. The highest BCUT2D eigenvalue weighted by molar-refractivity contribution is 7.26. The Morgan fingerprint density at radius 3 is 1.84 bits per heavy atom. The Kier molecular flexibility index (Phi) is 4.42. The Bertz CT molecular complexity index is 2160. The normalized spacial score (nSPS) is 11.8. The molecule has 8 aromatic rings. The Balaban J connectivity index is 1.38. The molecule has 0 spiro atoms. The van der Waals surface area contributed by atoms with Gasteiger partial charge in [0.25, 0.3) is 0 Å². The van der Waals surface area contributed by atoms with Crippen molar-refractivity contribution < 1.29 is 0 Å². The molecule has 0 amide bonds.